The molecule has 0 atom stereocenters. The average molecular weight is 282 g/mol. The Morgan fingerprint density at radius 3 is 2.86 bits per heavy atom. The minimum atomic E-state index is -0.329. The van der Waals surface area contributed by atoms with Crippen LogP contribution in [0.15, 0.2) is 30.3 Å². The van der Waals surface area contributed by atoms with Crippen LogP contribution in [0.25, 0.3) is 0 Å². The Hall–Kier alpha value is -2.94. The van der Waals surface area contributed by atoms with E-state index in [0.717, 1.165) is 11.3 Å². The first-order valence-corrected chi connectivity index (χ1v) is 6.32. The van der Waals surface area contributed by atoms with Crippen LogP contribution in [0.3, 0.4) is 0 Å². The summed E-state index contributed by atoms with van der Waals surface area (Å²) in [6.07, 6.45) is 0. The zero-order valence-electron chi connectivity index (χ0n) is 11.8. The first kappa shape index (κ1) is 14.5. The molecule has 106 valence electrons. The molecule has 21 heavy (non-hydrogen) atoms. The first-order valence-electron chi connectivity index (χ1n) is 6.32. The molecule has 2 aromatic rings. The van der Waals surface area contributed by atoms with E-state index in [9.17, 15) is 4.79 Å². The summed E-state index contributed by atoms with van der Waals surface area (Å²) in [6.45, 7) is 3.57. The SMILES string of the molecule is Cc1cc(OCC(=O)Nc2cccc(C#N)c2)nnc1C. The second-order valence-electron chi connectivity index (χ2n) is 4.48. The number of hydrogen-bond donors (Lipinski definition) is 1. The van der Waals surface area contributed by atoms with Crippen LogP contribution in [0.2, 0.25) is 0 Å². The summed E-state index contributed by atoms with van der Waals surface area (Å²) >= 11 is 0. The van der Waals surface area contributed by atoms with Gasteiger partial charge in [0.15, 0.2) is 6.61 Å². The molecule has 0 bridgehead atoms. The fourth-order valence-corrected chi connectivity index (χ4v) is 1.60. The summed E-state index contributed by atoms with van der Waals surface area (Å²) in [5, 5.41) is 19.2. The maximum atomic E-state index is 11.8. The van der Waals surface area contributed by atoms with Gasteiger partial charge in [-0.2, -0.15) is 10.4 Å². The van der Waals surface area contributed by atoms with Crippen molar-refractivity contribution in [3.63, 3.8) is 0 Å². The van der Waals surface area contributed by atoms with E-state index in [4.69, 9.17) is 10.00 Å². The van der Waals surface area contributed by atoms with Gasteiger partial charge in [0.25, 0.3) is 5.91 Å². The van der Waals surface area contributed by atoms with E-state index in [1.807, 2.05) is 19.9 Å². The molecule has 1 aromatic heterocycles. The molecule has 6 nitrogen and oxygen atoms in total. The number of nitrogens with one attached hydrogen (secondary N) is 1. The number of nitrogens with zero attached hydrogens (tertiary/aromatic N) is 3. The average Bonchev–Trinajstić information content (AvgIpc) is 2.48. The molecule has 1 N–H and O–H groups in total. The molecule has 0 saturated carbocycles. The van der Waals surface area contributed by atoms with Gasteiger partial charge in [-0.15, -0.1) is 5.10 Å². The van der Waals surface area contributed by atoms with Crippen molar-refractivity contribution in [2.75, 3.05) is 11.9 Å². The summed E-state index contributed by atoms with van der Waals surface area (Å²) in [5.41, 5.74) is 2.80. The van der Waals surface area contributed by atoms with E-state index in [2.05, 4.69) is 15.5 Å². The van der Waals surface area contributed by atoms with Crippen molar-refractivity contribution in [2.24, 2.45) is 0 Å². The predicted molar refractivity (Wildman–Crippen MR) is 76.8 cm³/mol. The zero-order valence-corrected chi connectivity index (χ0v) is 11.8. The Morgan fingerprint density at radius 2 is 2.14 bits per heavy atom. The molecule has 0 radical (unpaired) electrons. The highest BCUT2D eigenvalue weighted by Crippen LogP contribution is 2.11. The topological polar surface area (TPSA) is 87.9 Å². The molecule has 0 spiro atoms. The summed E-state index contributed by atoms with van der Waals surface area (Å²) in [6, 6.07) is 10.4. The number of hydrogen-bond acceptors (Lipinski definition) is 5. The lowest BCUT2D eigenvalue weighted by Crippen LogP contribution is -2.20. The highest BCUT2D eigenvalue weighted by Gasteiger charge is 2.06. The quantitative estimate of drug-likeness (QED) is 0.926. The standard InChI is InChI=1S/C15H14N4O2/c1-10-6-15(19-18-11(10)2)21-9-14(20)17-13-5-3-4-12(7-13)8-16/h3-7H,9H2,1-2H3,(H,17,20). The van der Waals surface area contributed by atoms with Crippen LogP contribution < -0.4 is 10.1 Å². The maximum absolute atomic E-state index is 11.8. The largest absolute Gasteiger partial charge is 0.466 e. The molecule has 0 aliphatic heterocycles. The van der Waals surface area contributed by atoms with Gasteiger partial charge < -0.3 is 10.1 Å². The number of ether oxygens (including phenoxy) is 1. The van der Waals surface area contributed by atoms with Crippen molar-refractivity contribution in [3.8, 4) is 11.9 Å². The van der Waals surface area contributed by atoms with Gasteiger partial charge in [-0.05, 0) is 37.6 Å². The number of amides is 1. The van der Waals surface area contributed by atoms with Gasteiger partial charge in [0.05, 0.1) is 17.3 Å². The van der Waals surface area contributed by atoms with E-state index in [1.54, 1.807) is 30.3 Å². The third-order valence-electron chi connectivity index (χ3n) is 2.84. The van der Waals surface area contributed by atoms with Crippen molar-refractivity contribution in [1.29, 1.82) is 5.26 Å². The lowest BCUT2D eigenvalue weighted by molar-refractivity contribution is -0.118. The van der Waals surface area contributed by atoms with Gasteiger partial charge >= 0.3 is 0 Å². The molecule has 1 aromatic carbocycles. The Kier molecular flexibility index (Phi) is 4.46. The van der Waals surface area contributed by atoms with Crippen molar-refractivity contribution >= 4 is 11.6 Å². The zero-order chi connectivity index (χ0) is 15.2. The second-order valence-corrected chi connectivity index (χ2v) is 4.48. The minimum Gasteiger partial charge on any atom is -0.466 e. The predicted octanol–water partition coefficient (Wildman–Crippen LogP) is 1.98. The van der Waals surface area contributed by atoms with Gasteiger partial charge in [-0.25, -0.2) is 0 Å². The van der Waals surface area contributed by atoms with Crippen LogP contribution in [0.1, 0.15) is 16.8 Å². The normalized spacial score (nSPS) is 9.76. The highest BCUT2D eigenvalue weighted by molar-refractivity contribution is 5.92. The lowest BCUT2D eigenvalue weighted by atomic mass is 10.2. The summed E-state index contributed by atoms with van der Waals surface area (Å²) in [5.74, 6) is -0.0239. The van der Waals surface area contributed by atoms with Crippen molar-refractivity contribution in [3.05, 3.63) is 47.2 Å². The van der Waals surface area contributed by atoms with Crippen LogP contribution in [0.5, 0.6) is 5.88 Å². The van der Waals surface area contributed by atoms with Crippen LogP contribution in [0.4, 0.5) is 5.69 Å². The molecule has 0 aliphatic rings. The second kappa shape index (κ2) is 6.48. The van der Waals surface area contributed by atoms with Crippen molar-refractivity contribution in [2.45, 2.75) is 13.8 Å². The molecule has 0 aliphatic carbocycles. The van der Waals surface area contributed by atoms with E-state index in [0.29, 0.717) is 17.1 Å². The molecule has 0 unspecified atom stereocenters. The smallest absolute Gasteiger partial charge is 0.262 e. The molecule has 0 fully saturated rings. The highest BCUT2D eigenvalue weighted by atomic mass is 16.5. The number of aryl methyl sites for hydroxylation is 2. The Bertz CT molecular complexity index is 707. The number of carbonyl (C=O) groups is 1. The number of aromatic nitrogens is 2. The van der Waals surface area contributed by atoms with Crippen LogP contribution in [-0.4, -0.2) is 22.7 Å². The Balaban J connectivity index is 1.92. The van der Waals surface area contributed by atoms with Crippen LogP contribution in [-0.2, 0) is 4.79 Å². The van der Waals surface area contributed by atoms with Gasteiger partial charge in [-0.1, -0.05) is 6.07 Å². The third kappa shape index (κ3) is 4.01. The summed E-state index contributed by atoms with van der Waals surface area (Å²) in [4.78, 5) is 11.8. The molecule has 2 rings (SSSR count). The number of carbonyl (C=O) groups excluding carboxylic acids is 1. The van der Waals surface area contributed by atoms with Gasteiger partial charge in [0.1, 0.15) is 0 Å². The lowest BCUT2D eigenvalue weighted by Gasteiger charge is -2.07. The third-order valence-corrected chi connectivity index (χ3v) is 2.84. The number of benzene rings is 1. The van der Waals surface area contributed by atoms with E-state index >= 15 is 0 Å². The number of nitriles is 1. The van der Waals surface area contributed by atoms with E-state index in [1.165, 1.54) is 0 Å². The van der Waals surface area contributed by atoms with Crippen molar-refractivity contribution < 1.29 is 9.53 Å². The number of anilines is 1. The maximum Gasteiger partial charge on any atom is 0.262 e. The molecule has 0 saturated heterocycles. The van der Waals surface area contributed by atoms with Gasteiger partial charge in [0.2, 0.25) is 5.88 Å². The Labute approximate surface area is 122 Å². The molecular formula is C15H14N4O2. The van der Waals surface area contributed by atoms with E-state index in [-0.39, 0.29) is 12.5 Å². The molecule has 1 heterocycles. The number of rotatable bonds is 4. The van der Waals surface area contributed by atoms with Crippen LogP contribution >= 0.6 is 0 Å². The van der Waals surface area contributed by atoms with Gasteiger partial charge in [-0.3, -0.25) is 4.79 Å². The van der Waals surface area contributed by atoms with Gasteiger partial charge in [0, 0.05) is 11.8 Å². The van der Waals surface area contributed by atoms with E-state index < -0.39 is 0 Å². The Morgan fingerprint density at radius 1 is 1.33 bits per heavy atom. The fraction of sp³-hybridized carbons (Fsp3) is 0.200. The minimum absolute atomic E-state index is 0.173. The van der Waals surface area contributed by atoms with Crippen molar-refractivity contribution in [1.82, 2.24) is 10.2 Å². The van der Waals surface area contributed by atoms with Crippen LogP contribution in [0, 0.1) is 25.2 Å². The first-order chi connectivity index (χ1) is 10.1. The fourth-order valence-electron chi connectivity index (χ4n) is 1.60. The molecular weight excluding hydrogens is 268 g/mol. The summed E-state index contributed by atoms with van der Waals surface area (Å²) < 4.78 is 5.28. The molecule has 6 heteroatoms. The monoisotopic (exact) mass is 282 g/mol. The summed E-state index contributed by atoms with van der Waals surface area (Å²) in [7, 11) is 0. The molecule has 1 amide bonds.